The van der Waals surface area contributed by atoms with Gasteiger partial charge in [-0.25, -0.2) is 4.79 Å². The maximum Gasteiger partial charge on any atom is 0.407 e. The SMILES string of the molecule is CC(C)(C)OC(=O)NCCNCC=O. The summed E-state index contributed by atoms with van der Waals surface area (Å²) in [7, 11) is 0. The van der Waals surface area contributed by atoms with Gasteiger partial charge in [-0.05, 0) is 20.8 Å². The third-order valence-electron chi connectivity index (χ3n) is 1.20. The molecule has 2 N–H and O–H groups in total. The van der Waals surface area contributed by atoms with E-state index in [4.69, 9.17) is 4.74 Å². The van der Waals surface area contributed by atoms with Crippen LogP contribution >= 0.6 is 0 Å². The van der Waals surface area contributed by atoms with E-state index in [9.17, 15) is 9.59 Å². The Morgan fingerprint density at radius 3 is 2.50 bits per heavy atom. The van der Waals surface area contributed by atoms with Crippen molar-refractivity contribution in [3.05, 3.63) is 0 Å². The summed E-state index contributed by atoms with van der Waals surface area (Å²) in [4.78, 5) is 21.0. The molecule has 5 nitrogen and oxygen atoms in total. The van der Waals surface area contributed by atoms with Gasteiger partial charge >= 0.3 is 6.09 Å². The van der Waals surface area contributed by atoms with Crippen LogP contribution in [0.5, 0.6) is 0 Å². The predicted molar refractivity (Wildman–Crippen MR) is 53.2 cm³/mol. The molecule has 0 spiro atoms. The Kier molecular flexibility index (Phi) is 5.87. The summed E-state index contributed by atoms with van der Waals surface area (Å²) in [5, 5.41) is 5.37. The first-order valence-corrected chi connectivity index (χ1v) is 4.57. The molecule has 0 aromatic rings. The molecule has 0 saturated carbocycles. The minimum absolute atomic E-state index is 0.302. The van der Waals surface area contributed by atoms with Crippen molar-refractivity contribution in [3.63, 3.8) is 0 Å². The second-order valence-electron chi connectivity index (χ2n) is 3.80. The van der Waals surface area contributed by atoms with Gasteiger partial charge in [0.05, 0.1) is 6.54 Å². The van der Waals surface area contributed by atoms with Gasteiger partial charge in [0, 0.05) is 13.1 Å². The minimum atomic E-state index is -0.472. The summed E-state index contributed by atoms with van der Waals surface area (Å²) >= 11 is 0. The molecule has 0 aliphatic heterocycles. The molecular formula is C9H18N2O3. The lowest BCUT2D eigenvalue weighted by Crippen LogP contribution is -2.36. The largest absolute Gasteiger partial charge is 0.444 e. The molecule has 0 unspecified atom stereocenters. The molecule has 0 saturated heterocycles. The Balaban J connectivity index is 3.41. The molecule has 0 aliphatic carbocycles. The second-order valence-corrected chi connectivity index (χ2v) is 3.80. The van der Waals surface area contributed by atoms with Gasteiger partial charge in [-0.15, -0.1) is 0 Å². The molecule has 0 rings (SSSR count). The van der Waals surface area contributed by atoms with Gasteiger partial charge in [-0.3, -0.25) is 0 Å². The van der Waals surface area contributed by atoms with Gasteiger partial charge in [-0.1, -0.05) is 0 Å². The highest BCUT2D eigenvalue weighted by atomic mass is 16.6. The number of carbonyl (C=O) groups is 2. The number of alkyl carbamates (subject to hydrolysis) is 1. The van der Waals surface area contributed by atoms with E-state index < -0.39 is 11.7 Å². The van der Waals surface area contributed by atoms with Crippen LogP contribution < -0.4 is 10.6 Å². The van der Waals surface area contributed by atoms with E-state index >= 15 is 0 Å². The fraction of sp³-hybridized carbons (Fsp3) is 0.778. The first kappa shape index (κ1) is 12.9. The van der Waals surface area contributed by atoms with Crippen molar-refractivity contribution in [1.29, 1.82) is 0 Å². The molecule has 1 amide bonds. The topological polar surface area (TPSA) is 67.4 Å². The smallest absolute Gasteiger partial charge is 0.407 e. The molecule has 0 radical (unpaired) electrons. The van der Waals surface area contributed by atoms with Gasteiger partial charge in [-0.2, -0.15) is 0 Å². The van der Waals surface area contributed by atoms with Crippen molar-refractivity contribution in [2.75, 3.05) is 19.6 Å². The lowest BCUT2D eigenvalue weighted by Gasteiger charge is -2.19. The van der Waals surface area contributed by atoms with E-state index in [0.717, 1.165) is 6.29 Å². The van der Waals surface area contributed by atoms with Crippen LogP contribution in [-0.2, 0) is 9.53 Å². The summed E-state index contributed by atoms with van der Waals surface area (Å²) in [6, 6.07) is 0. The average Bonchev–Trinajstić information content (AvgIpc) is 2.00. The molecule has 14 heavy (non-hydrogen) atoms. The zero-order valence-electron chi connectivity index (χ0n) is 8.92. The van der Waals surface area contributed by atoms with Crippen LogP contribution in [0.25, 0.3) is 0 Å². The number of nitrogens with one attached hydrogen (secondary N) is 2. The van der Waals surface area contributed by atoms with E-state index in [-0.39, 0.29) is 0 Å². The van der Waals surface area contributed by atoms with E-state index in [2.05, 4.69) is 10.6 Å². The van der Waals surface area contributed by atoms with Crippen molar-refractivity contribution >= 4 is 12.4 Å². The molecule has 0 aliphatic rings. The predicted octanol–water partition coefficient (Wildman–Crippen LogP) is 0.300. The fourth-order valence-corrected chi connectivity index (χ4v) is 0.728. The number of carbonyl (C=O) groups excluding carboxylic acids is 2. The van der Waals surface area contributed by atoms with Crippen molar-refractivity contribution < 1.29 is 14.3 Å². The lowest BCUT2D eigenvalue weighted by atomic mass is 10.2. The quantitative estimate of drug-likeness (QED) is 0.497. The molecular weight excluding hydrogens is 184 g/mol. The van der Waals surface area contributed by atoms with E-state index in [1.807, 2.05) is 0 Å². The monoisotopic (exact) mass is 202 g/mol. The Morgan fingerprint density at radius 2 is 2.00 bits per heavy atom. The van der Waals surface area contributed by atoms with Crippen molar-refractivity contribution in [2.45, 2.75) is 26.4 Å². The number of hydrogen-bond acceptors (Lipinski definition) is 4. The Labute approximate surface area is 84.2 Å². The first-order valence-electron chi connectivity index (χ1n) is 4.57. The highest BCUT2D eigenvalue weighted by Gasteiger charge is 2.15. The summed E-state index contributed by atoms with van der Waals surface area (Å²) in [5.41, 5.74) is -0.472. The third kappa shape index (κ3) is 8.99. The van der Waals surface area contributed by atoms with Crippen LogP contribution in [0.2, 0.25) is 0 Å². The maximum absolute atomic E-state index is 11.1. The number of aldehydes is 1. The Hall–Kier alpha value is -1.10. The molecule has 0 aromatic carbocycles. The average molecular weight is 202 g/mol. The van der Waals surface area contributed by atoms with Gasteiger partial charge in [0.25, 0.3) is 0 Å². The van der Waals surface area contributed by atoms with Gasteiger partial charge in [0.1, 0.15) is 11.9 Å². The van der Waals surface area contributed by atoms with Crippen LogP contribution in [-0.4, -0.2) is 37.6 Å². The van der Waals surface area contributed by atoms with Gasteiger partial charge in [0.2, 0.25) is 0 Å². The van der Waals surface area contributed by atoms with Gasteiger partial charge < -0.3 is 20.2 Å². The van der Waals surface area contributed by atoms with Crippen LogP contribution in [0.15, 0.2) is 0 Å². The van der Waals surface area contributed by atoms with Crippen LogP contribution in [0.4, 0.5) is 4.79 Å². The summed E-state index contributed by atoms with van der Waals surface area (Å²) in [5.74, 6) is 0. The summed E-state index contributed by atoms with van der Waals surface area (Å²) in [6.45, 7) is 6.71. The summed E-state index contributed by atoms with van der Waals surface area (Å²) < 4.78 is 5.00. The zero-order chi connectivity index (χ0) is 11.0. The normalized spacial score (nSPS) is 10.8. The minimum Gasteiger partial charge on any atom is -0.444 e. The van der Waals surface area contributed by atoms with Crippen LogP contribution in [0, 0.1) is 0 Å². The molecule has 0 fully saturated rings. The molecule has 0 aromatic heterocycles. The van der Waals surface area contributed by atoms with Crippen LogP contribution in [0.1, 0.15) is 20.8 Å². The molecule has 0 heterocycles. The maximum atomic E-state index is 11.1. The van der Waals surface area contributed by atoms with E-state index in [1.54, 1.807) is 20.8 Å². The molecule has 0 bridgehead atoms. The number of hydrogen-bond donors (Lipinski definition) is 2. The van der Waals surface area contributed by atoms with E-state index in [0.29, 0.717) is 19.6 Å². The van der Waals surface area contributed by atoms with Crippen molar-refractivity contribution in [3.8, 4) is 0 Å². The number of rotatable bonds is 5. The van der Waals surface area contributed by atoms with Gasteiger partial charge in [0.15, 0.2) is 0 Å². The lowest BCUT2D eigenvalue weighted by molar-refractivity contribution is -0.107. The first-order chi connectivity index (χ1) is 6.45. The second kappa shape index (κ2) is 6.37. The summed E-state index contributed by atoms with van der Waals surface area (Å²) in [6.07, 6.45) is 0.332. The Morgan fingerprint density at radius 1 is 1.36 bits per heavy atom. The number of amides is 1. The highest BCUT2D eigenvalue weighted by molar-refractivity contribution is 5.67. The number of ether oxygens (including phenoxy) is 1. The van der Waals surface area contributed by atoms with Crippen molar-refractivity contribution in [2.24, 2.45) is 0 Å². The molecule has 0 atom stereocenters. The van der Waals surface area contributed by atoms with E-state index in [1.165, 1.54) is 0 Å². The zero-order valence-corrected chi connectivity index (χ0v) is 8.92. The Bertz CT molecular complexity index is 187. The standard InChI is InChI=1S/C9H18N2O3/c1-9(2,3)14-8(13)11-5-4-10-6-7-12/h7,10H,4-6H2,1-3H3,(H,11,13). The molecule has 5 heteroatoms. The fourth-order valence-electron chi connectivity index (χ4n) is 0.728. The van der Waals surface area contributed by atoms with Crippen LogP contribution in [0.3, 0.4) is 0 Å². The molecule has 82 valence electrons. The van der Waals surface area contributed by atoms with Crippen molar-refractivity contribution in [1.82, 2.24) is 10.6 Å². The highest BCUT2D eigenvalue weighted by Crippen LogP contribution is 2.05. The third-order valence-corrected chi connectivity index (χ3v) is 1.20.